The van der Waals surface area contributed by atoms with Crippen LogP contribution in [-0.4, -0.2) is 12.5 Å². The first kappa shape index (κ1) is 13.6. The summed E-state index contributed by atoms with van der Waals surface area (Å²) in [6.07, 6.45) is 4.62. The van der Waals surface area contributed by atoms with Crippen molar-refractivity contribution in [2.24, 2.45) is 0 Å². The third kappa shape index (κ3) is 2.60. The molecule has 0 aromatic carbocycles. The van der Waals surface area contributed by atoms with Gasteiger partial charge in [-0.25, -0.2) is 0 Å². The molecule has 0 spiro atoms. The van der Waals surface area contributed by atoms with Crippen LogP contribution >= 0.6 is 22.7 Å². The number of amides is 1. The van der Waals surface area contributed by atoms with Crippen LogP contribution in [-0.2, 0) is 12.8 Å². The Morgan fingerprint density at radius 1 is 1.40 bits per heavy atom. The van der Waals surface area contributed by atoms with Crippen molar-refractivity contribution in [3.05, 3.63) is 32.8 Å². The molecule has 2 aromatic heterocycles. The molecule has 0 bridgehead atoms. The van der Waals surface area contributed by atoms with Crippen molar-refractivity contribution in [1.82, 2.24) is 0 Å². The highest BCUT2D eigenvalue weighted by Gasteiger charge is 2.23. The Labute approximate surface area is 126 Å². The molecule has 20 heavy (non-hydrogen) atoms. The van der Waals surface area contributed by atoms with Gasteiger partial charge in [0.1, 0.15) is 5.00 Å². The van der Waals surface area contributed by atoms with Gasteiger partial charge in [0.2, 0.25) is 0 Å². The zero-order valence-corrected chi connectivity index (χ0v) is 13.0. The van der Waals surface area contributed by atoms with Crippen molar-refractivity contribution in [3.63, 3.8) is 0 Å². The first-order valence-electron chi connectivity index (χ1n) is 6.91. The minimum atomic E-state index is -0.0421. The highest BCUT2D eigenvalue weighted by atomic mass is 32.1. The van der Waals surface area contributed by atoms with Gasteiger partial charge in [-0.15, -0.1) is 22.7 Å². The molecular formula is C15H17NO2S2. The molecule has 0 radical (unpaired) electrons. The molecule has 2 heterocycles. The topological polar surface area (TPSA) is 38.3 Å². The maximum absolute atomic E-state index is 12.2. The Morgan fingerprint density at radius 2 is 2.25 bits per heavy atom. The second kappa shape index (κ2) is 5.97. The first-order chi connectivity index (χ1) is 9.79. The maximum Gasteiger partial charge on any atom is 0.266 e. The van der Waals surface area contributed by atoms with Gasteiger partial charge in [-0.1, -0.05) is 6.07 Å². The van der Waals surface area contributed by atoms with E-state index >= 15 is 0 Å². The normalized spacial score (nSPS) is 13.8. The molecule has 3 nitrogen and oxygen atoms in total. The molecule has 1 aliphatic carbocycles. The molecular weight excluding hydrogens is 290 g/mol. The van der Waals surface area contributed by atoms with Crippen LogP contribution in [0, 0.1) is 0 Å². The summed E-state index contributed by atoms with van der Waals surface area (Å²) >= 11 is 3.13. The summed E-state index contributed by atoms with van der Waals surface area (Å²) in [4.78, 5) is 14.3. The smallest absolute Gasteiger partial charge is 0.266 e. The van der Waals surface area contributed by atoms with Gasteiger partial charge in [0, 0.05) is 10.4 Å². The number of carbonyl (C=O) groups excluding carboxylic acids is 1. The fourth-order valence-corrected chi connectivity index (χ4v) is 4.34. The van der Waals surface area contributed by atoms with Crippen molar-refractivity contribution in [2.45, 2.75) is 32.6 Å². The number of nitrogens with one attached hydrogen (secondary N) is 1. The van der Waals surface area contributed by atoms with Gasteiger partial charge in [0.05, 0.1) is 11.5 Å². The fraction of sp³-hybridized carbons (Fsp3) is 0.400. The van der Waals surface area contributed by atoms with Gasteiger partial charge in [-0.2, -0.15) is 0 Å². The lowest BCUT2D eigenvalue weighted by atomic mass is 9.99. The Balaban J connectivity index is 1.88. The number of rotatable bonds is 4. The first-order valence-corrected chi connectivity index (χ1v) is 8.61. The standard InChI is InChI=1S/C15H17NO2S2/c1-2-18-13-10-6-3-4-7-11(10)20-15(13)16-14(17)12-8-5-9-19-12/h5,8-9H,2-4,6-7H2,1H3,(H,16,17). The molecule has 1 aliphatic rings. The van der Waals surface area contributed by atoms with E-state index in [2.05, 4.69) is 5.32 Å². The van der Waals surface area contributed by atoms with E-state index in [0.29, 0.717) is 6.61 Å². The van der Waals surface area contributed by atoms with Crippen LogP contribution < -0.4 is 10.1 Å². The van der Waals surface area contributed by atoms with Crippen molar-refractivity contribution >= 4 is 33.6 Å². The minimum absolute atomic E-state index is 0.0421. The highest BCUT2D eigenvalue weighted by molar-refractivity contribution is 7.17. The number of fused-ring (bicyclic) bond motifs is 1. The third-order valence-corrected chi connectivity index (χ3v) is 5.44. The lowest BCUT2D eigenvalue weighted by Gasteiger charge is -2.13. The quantitative estimate of drug-likeness (QED) is 0.912. The van der Waals surface area contributed by atoms with Gasteiger partial charge in [-0.05, 0) is 44.1 Å². The van der Waals surface area contributed by atoms with E-state index < -0.39 is 0 Å². The van der Waals surface area contributed by atoms with E-state index in [0.717, 1.165) is 28.5 Å². The summed E-state index contributed by atoms with van der Waals surface area (Å²) < 4.78 is 5.79. The number of thiophene rings is 2. The molecule has 0 saturated carbocycles. The van der Waals surface area contributed by atoms with Crippen LogP contribution in [0.3, 0.4) is 0 Å². The van der Waals surface area contributed by atoms with Gasteiger partial charge in [0.25, 0.3) is 5.91 Å². The van der Waals surface area contributed by atoms with Crippen LogP contribution in [0.4, 0.5) is 5.00 Å². The number of carbonyl (C=O) groups is 1. The summed E-state index contributed by atoms with van der Waals surface area (Å²) in [6, 6.07) is 3.73. The Hall–Kier alpha value is -1.33. The molecule has 1 amide bonds. The second-order valence-corrected chi connectivity index (χ2v) is 6.79. The SMILES string of the molecule is CCOc1c(NC(=O)c2cccs2)sc2c1CCCC2. The maximum atomic E-state index is 12.2. The molecule has 106 valence electrons. The minimum Gasteiger partial charge on any atom is -0.490 e. The number of aryl methyl sites for hydroxylation is 1. The lowest BCUT2D eigenvalue weighted by molar-refractivity contribution is 0.103. The van der Waals surface area contributed by atoms with Crippen LogP contribution in [0.15, 0.2) is 17.5 Å². The third-order valence-electron chi connectivity index (χ3n) is 3.38. The van der Waals surface area contributed by atoms with Crippen LogP contribution in [0.5, 0.6) is 5.75 Å². The second-order valence-electron chi connectivity index (χ2n) is 4.73. The molecule has 0 saturated heterocycles. The molecule has 1 N–H and O–H groups in total. The number of hydrogen-bond donors (Lipinski definition) is 1. The van der Waals surface area contributed by atoms with Gasteiger partial charge >= 0.3 is 0 Å². The van der Waals surface area contributed by atoms with E-state index in [4.69, 9.17) is 4.74 Å². The largest absolute Gasteiger partial charge is 0.490 e. The number of ether oxygens (including phenoxy) is 1. The zero-order valence-electron chi connectivity index (χ0n) is 11.4. The van der Waals surface area contributed by atoms with E-state index in [1.54, 1.807) is 11.3 Å². The van der Waals surface area contributed by atoms with Crippen molar-refractivity contribution in [2.75, 3.05) is 11.9 Å². The average Bonchev–Trinajstić information content (AvgIpc) is 3.08. The number of hydrogen-bond acceptors (Lipinski definition) is 4. The molecule has 0 atom stereocenters. The molecule has 3 rings (SSSR count). The van der Waals surface area contributed by atoms with Crippen molar-refractivity contribution in [1.29, 1.82) is 0 Å². The molecule has 2 aromatic rings. The van der Waals surface area contributed by atoms with Crippen molar-refractivity contribution in [3.8, 4) is 5.75 Å². The predicted molar refractivity (Wildman–Crippen MR) is 84.4 cm³/mol. The predicted octanol–water partition coefficient (Wildman–Crippen LogP) is 4.34. The summed E-state index contributed by atoms with van der Waals surface area (Å²) in [5.41, 5.74) is 1.31. The molecule has 5 heteroatoms. The number of anilines is 1. The van der Waals surface area contributed by atoms with Gasteiger partial charge in [-0.3, -0.25) is 4.79 Å². The molecule has 0 unspecified atom stereocenters. The van der Waals surface area contributed by atoms with Gasteiger partial charge < -0.3 is 10.1 Å². The summed E-state index contributed by atoms with van der Waals surface area (Å²) in [5.74, 6) is 0.858. The van der Waals surface area contributed by atoms with E-state index in [-0.39, 0.29) is 5.91 Å². The monoisotopic (exact) mass is 307 g/mol. The van der Waals surface area contributed by atoms with E-state index in [9.17, 15) is 4.79 Å². The van der Waals surface area contributed by atoms with Crippen LogP contribution in [0.2, 0.25) is 0 Å². The lowest BCUT2D eigenvalue weighted by Crippen LogP contribution is -2.10. The zero-order chi connectivity index (χ0) is 13.9. The van der Waals surface area contributed by atoms with E-state index in [1.165, 1.54) is 34.6 Å². The van der Waals surface area contributed by atoms with E-state index in [1.807, 2.05) is 24.4 Å². The Kier molecular flexibility index (Phi) is 4.08. The van der Waals surface area contributed by atoms with Crippen LogP contribution in [0.25, 0.3) is 0 Å². The van der Waals surface area contributed by atoms with Crippen molar-refractivity contribution < 1.29 is 9.53 Å². The van der Waals surface area contributed by atoms with Gasteiger partial charge in [0.15, 0.2) is 5.75 Å². The summed E-state index contributed by atoms with van der Waals surface area (Å²) in [6.45, 7) is 2.61. The summed E-state index contributed by atoms with van der Waals surface area (Å²) in [7, 11) is 0. The fourth-order valence-electron chi connectivity index (χ4n) is 2.49. The average molecular weight is 307 g/mol. The Bertz CT molecular complexity index is 602. The molecule has 0 fully saturated rings. The summed E-state index contributed by atoms with van der Waals surface area (Å²) in [5, 5.41) is 5.81. The Morgan fingerprint density at radius 3 is 3.00 bits per heavy atom. The van der Waals surface area contributed by atoms with Crippen LogP contribution in [0.1, 0.15) is 39.9 Å². The molecule has 0 aliphatic heterocycles. The highest BCUT2D eigenvalue weighted by Crippen LogP contribution is 2.44.